The number of hydrogen-bond acceptors (Lipinski definition) is 3. The highest BCUT2D eigenvalue weighted by molar-refractivity contribution is 5.94. The number of nitrogens with zero attached hydrogens (tertiary/aromatic N) is 1. The van der Waals surface area contributed by atoms with E-state index in [2.05, 4.69) is 5.16 Å². The highest BCUT2D eigenvalue weighted by Crippen LogP contribution is 2.14. The summed E-state index contributed by atoms with van der Waals surface area (Å²) in [6.45, 7) is 1.46. The van der Waals surface area contributed by atoms with Gasteiger partial charge in [0.25, 0.3) is 0 Å². The van der Waals surface area contributed by atoms with E-state index in [1.807, 2.05) is 0 Å². The topological polar surface area (TPSA) is 43.1 Å². The Kier molecular flexibility index (Phi) is 2.81. The lowest BCUT2D eigenvalue weighted by molar-refractivity contribution is 0.101. The molecular formula is C12H10FNO2. The number of carbonyl (C=O) groups excluding carboxylic acids is 1. The third kappa shape index (κ3) is 2.16. The number of rotatable bonds is 3. The molecule has 0 fully saturated rings. The van der Waals surface area contributed by atoms with Crippen LogP contribution in [-0.4, -0.2) is 10.9 Å². The molecule has 3 nitrogen and oxygen atoms in total. The van der Waals surface area contributed by atoms with Gasteiger partial charge in [0.2, 0.25) is 0 Å². The second-order valence-electron chi connectivity index (χ2n) is 3.52. The number of hydrogen-bond donors (Lipinski definition) is 0. The van der Waals surface area contributed by atoms with E-state index in [4.69, 9.17) is 4.52 Å². The van der Waals surface area contributed by atoms with Crippen LogP contribution in [-0.2, 0) is 6.42 Å². The van der Waals surface area contributed by atoms with Gasteiger partial charge in [-0.1, -0.05) is 17.3 Å². The summed E-state index contributed by atoms with van der Waals surface area (Å²) in [7, 11) is 0. The van der Waals surface area contributed by atoms with Crippen LogP contribution in [0.4, 0.5) is 4.39 Å². The Bertz CT molecular complexity index is 502. The summed E-state index contributed by atoms with van der Waals surface area (Å²) in [5.41, 5.74) is 1.35. The highest BCUT2D eigenvalue weighted by Gasteiger charge is 2.12. The van der Waals surface area contributed by atoms with E-state index in [-0.39, 0.29) is 11.6 Å². The van der Waals surface area contributed by atoms with Gasteiger partial charge in [0.05, 0.1) is 11.8 Å². The maximum absolute atomic E-state index is 12.7. The van der Waals surface area contributed by atoms with E-state index in [9.17, 15) is 9.18 Å². The molecule has 4 heteroatoms. The van der Waals surface area contributed by atoms with E-state index < -0.39 is 0 Å². The third-order valence-corrected chi connectivity index (χ3v) is 2.30. The summed E-state index contributed by atoms with van der Waals surface area (Å²) >= 11 is 0. The predicted molar refractivity (Wildman–Crippen MR) is 55.7 cm³/mol. The van der Waals surface area contributed by atoms with Gasteiger partial charge in [-0.15, -0.1) is 0 Å². The van der Waals surface area contributed by atoms with E-state index in [1.54, 1.807) is 12.1 Å². The Balaban J connectivity index is 2.23. The fraction of sp³-hybridized carbons (Fsp3) is 0.167. The molecule has 0 radical (unpaired) electrons. The van der Waals surface area contributed by atoms with Crippen molar-refractivity contribution in [3.63, 3.8) is 0 Å². The number of halogens is 1. The standard InChI is InChI=1S/C12H10FNO2/c1-8(15)11-7-14-16-12(11)6-9-2-4-10(13)5-3-9/h2-5,7H,6H2,1H3. The SMILES string of the molecule is CC(=O)c1cnoc1Cc1ccc(F)cc1. The van der Waals surface area contributed by atoms with Crippen LogP contribution in [0.25, 0.3) is 0 Å². The van der Waals surface area contributed by atoms with Gasteiger partial charge in [-0.05, 0) is 24.6 Å². The number of benzene rings is 1. The molecule has 2 aromatic rings. The molecule has 0 aliphatic heterocycles. The van der Waals surface area contributed by atoms with Crippen molar-refractivity contribution in [2.24, 2.45) is 0 Å². The fourth-order valence-electron chi connectivity index (χ4n) is 1.47. The van der Waals surface area contributed by atoms with Crippen LogP contribution < -0.4 is 0 Å². The molecule has 0 saturated heterocycles. The van der Waals surface area contributed by atoms with Crippen molar-refractivity contribution >= 4 is 5.78 Å². The summed E-state index contributed by atoms with van der Waals surface area (Å²) in [6, 6.07) is 6.06. The number of carbonyl (C=O) groups is 1. The Hall–Kier alpha value is -1.97. The smallest absolute Gasteiger partial charge is 0.165 e. The molecule has 1 aromatic heterocycles. The minimum Gasteiger partial charge on any atom is -0.360 e. The van der Waals surface area contributed by atoms with E-state index in [0.717, 1.165) is 5.56 Å². The van der Waals surface area contributed by atoms with Gasteiger partial charge in [-0.25, -0.2) is 4.39 Å². The average Bonchev–Trinajstić information content (AvgIpc) is 2.69. The zero-order chi connectivity index (χ0) is 11.5. The van der Waals surface area contributed by atoms with E-state index in [1.165, 1.54) is 25.3 Å². The fourth-order valence-corrected chi connectivity index (χ4v) is 1.47. The molecule has 2 rings (SSSR count). The summed E-state index contributed by atoms with van der Waals surface area (Å²) in [5.74, 6) is 0.144. The Morgan fingerprint density at radius 2 is 2.06 bits per heavy atom. The van der Waals surface area contributed by atoms with Gasteiger partial charge in [0, 0.05) is 6.42 Å². The van der Waals surface area contributed by atoms with Gasteiger partial charge in [0.15, 0.2) is 11.5 Å². The average molecular weight is 219 g/mol. The predicted octanol–water partition coefficient (Wildman–Crippen LogP) is 2.61. The molecular weight excluding hydrogens is 209 g/mol. The Morgan fingerprint density at radius 3 is 2.69 bits per heavy atom. The molecule has 0 N–H and O–H groups in total. The molecule has 82 valence electrons. The molecule has 0 aliphatic carbocycles. The first kappa shape index (κ1) is 10.5. The van der Waals surface area contributed by atoms with Crippen LogP contribution in [0.5, 0.6) is 0 Å². The molecule has 0 unspecified atom stereocenters. The zero-order valence-corrected chi connectivity index (χ0v) is 8.74. The van der Waals surface area contributed by atoms with Gasteiger partial charge >= 0.3 is 0 Å². The molecule has 0 atom stereocenters. The summed E-state index contributed by atoms with van der Waals surface area (Å²) < 4.78 is 17.7. The highest BCUT2D eigenvalue weighted by atomic mass is 19.1. The van der Waals surface area contributed by atoms with Gasteiger partial charge in [0.1, 0.15) is 5.82 Å². The number of Topliss-reactive ketones (excluding diaryl/α,β-unsaturated/α-hetero) is 1. The lowest BCUT2D eigenvalue weighted by atomic mass is 10.1. The molecule has 0 amide bonds. The van der Waals surface area contributed by atoms with Crippen LogP contribution in [0, 0.1) is 5.82 Å². The minimum atomic E-state index is -0.284. The van der Waals surface area contributed by atoms with Crippen molar-refractivity contribution in [1.29, 1.82) is 0 Å². The van der Waals surface area contributed by atoms with E-state index >= 15 is 0 Å². The Morgan fingerprint density at radius 1 is 1.38 bits per heavy atom. The summed E-state index contributed by atoms with van der Waals surface area (Å²) in [4.78, 5) is 11.2. The quantitative estimate of drug-likeness (QED) is 0.745. The van der Waals surface area contributed by atoms with Gasteiger partial charge in [-0.2, -0.15) is 0 Å². The number of aromatic nitrogens is 1. The molecule has 16 heavy (non-hydrogen) atoms. The van der Waals surface area contributed by atoms with E-state index in [0.29, 0.717) is 17.7 Å². The summed E-state index contributed by atoms with van der Waals surface area (Å²) in [6.07, 6.45) is 1.84. The normalized spacial score (nSPS) is 10.4. The second kappa shape index (κ2) is 4.26. The first-order chi connectivity index (χ1) is 7.66. The second-order valence-corrected chi connectivity index (χ2v) is 3.52. The molecule has 0 bridgehead atoms. The summed E-state index contributed by atoms with van der Waals surface area (Å²) in [5, 5.41) is 3.59. The molecule has 1 heterocycles. The van der Waals surface area contributed by atoms with Crippen molar-refractivity contribution < 1.29 is 13.7 Å². The van der Waals surface area contributed by atoms with Gasteiger partial charge < -0.3 is 4.52 Å². The van der Waals surface area contributed by atoms with Crippen LogP contribution >= 0.6 is 0 Å². The largest absolute Gasteiger partial charge is 0.360 e. The van der Waals surface area contributed by atoms with Crippen molar-refractivity contribution in [1.82, 2.24) is 5.16 Å². The van der Waals surface area contributed by atoms with Crippen molar-refractivity contribution in [3.05, 3.63) is 53.2 Å². The van der Waals surface area contributed by atoms with Crippen molar-refractivity contribution in [2.45, 2.75) is 13.3 Å². The van der Waals surface area contributed by atoms with Crippen LogP contribution in [0.3, 0.4) is 0 Å². The van der Waals surface area contributed by atoms with Crippen LogP contribution in [0.2, 0.25) is 0 Å². The van der Waals surface area contributed by atoms with Crippen LogP contribution in [0.15, 0.2) is 35.0 Å². The first-order valence-corrected chi connectivity index (χ1v) is 4.86. The van der Waals surface area contributed by atoms with Crippen molar-refractivity contribution in [3.8, 4) is 0 Å². The number of ketones is 1. The van der Waals surface area contributed by atoms with Gasteiger partial charge in [-0.3, -0.25) is 4.79 Å². The van der Waals surface area contributed by atoms with Crippen molar-refractivity contribution in [2.75, 3.05) is 0 Å². The molecule has 0 aliphatic rings. The molecule has 0 spiro atoms. The third-order valence-electron chi connectivity index (χ3n) is 2.30. The first-order valence-electron chi connectivity index (χ1n) is 4.86. The van der Waals surface area contributed by atoms with Crippen LogP contribution in [0.1, 0.15) is 28.6 Å². The molecule has 0 saturated carbocycles. The minimum absolute atomic E-state index is 0.0849. The lowest BCUT2D eigenvalue weighted by Crippen LogP contribution is -1.96. The monoisotopic (exact) mass is 219 g/mol. The lowest BCUT2D eigenvalue weighted by Gasteiger charge is -1.99. The zero-order valence-electron chi connectivity index (χ0n) is 8.74. The maximum atomic E-state index is 12.7. The maximum Gasteiger partial charge on any atom is 0.165 e. The Labute approximate surface area is 91.9 Å². The molecule has 1 aromatic carbocycles.